The molecule has 2 rings (SSSR count). The van der Waals surface area contributed by atoms with Crippen LogP contribution in [-0.4, -0.2) is 19.1 Å². The molecule has 0 aliphatic carbocycles. The van der Waals surface area contributed by atoms with Crippen molar-refractivity contribution in [2.24, 2.45) is 0 Å². The van der Waals surface area contributed by atoms with Gasteiger partial charge in [0.2, 0.25) is 5.91 Å². The van der Waals surface area contributed by atoms with E-state index in [-0.39, 0.29) is 19.1 Å². The van der Waals surface area contributed by atoms with Gasteiger partial charge in [-0.3, -0.25) is 4.79 Å². The number of hydrogen-bond donors (Lipinski definition) is 2. The van der Waals surface area contributed by atoms with Crippen LogP contribution in [0.2, 0.25) is 0 Å². The van der Waals surface area contributed by atoms with Crippen LogP contribution in [0.4, 0.5) is 10.1 Å². The molecule has 0 unspecified atom stereocenters. The van der Waals surface area contributed by atoms with Crippen molar-refractivity contribution in [2.45, 2.75) is 12.5 Å². The van der Waals surface area contributed by atoms with Crippen LogP contribution in [0.1, 0.15) is 12.5 Å². The van der Waals surface area contributed by atoms with Crippen molar-refractivity contribution < 1.29 is 13.9 Å². The standard InChI is InChI=1S/C11H13FN2O2/c1-11(6-16-5-10(15)14-11)8-4-7(13)2-3-9(8)12/h2-4H,5-6,13H2,1H3,(H,14,15)/t11-/m0/s1. The van der Waals surface area contributed by atoms with Crippen LogP contribution in [0.25, 0.3) is 0 Å². The van der Waals surface area contributed by atoms with Crippen molar-refractivity contribution >= 4 is 11.6 Å². The van der Waals surface area contributed by atoms with Gasteiger partial charge in [0.1, 0.15) is 12.4 Å². The molecule has 1 aromatic rings. The van der Waals surface area contributed by atoms with E-state index in [2.05, 4.69) is 5.32 Å². The maximum Gasteiger partial charge on any atom is 0.246 e. The minimum atomic E-state index is -0.852. The third kappa shape index (κ3) is 1.86. The highest BCUT2D eigenvalue weighted by molar-refractivity contribution is 5.79. The summed E-state index contributed by atoms with van der Waals surface area (Å²) >= 11 is 0. The first kappa shape index (κ1) is 10.9. The molecule has 16 heavy (non-hydrogen) atoms. The largest absolute Gasteiger partial charge is 0.399 e. The number of anilines is 1. The first-order valence-corrected chi connectivity index (χ1v) is 4.95. The molecular formula is C11H13FN2O2. The Bertz CT molecular complexity index is 436. The minimum Gasteiger partial charge on any atom is -0.399 e. The third-order valence-electron chi connectivity index (χ3n) is 2.62. The summed E-state index contributed by atoms with van der Waals surface area (Å²) in [4.78, 5) is 11.3. The lowest BCUT2D eigenvalue weighted by molar-refractivity contribution is -0.135. The second-order valence-electron chi connectivity index (χ2n) is 4.11. The summed E-state index contributed by atoms with van der Waals surface area (Å²) in [6.07, 6.45) is 0. The molecule has 0 saturated carbocycles. The number of rotatable bonds is 1. The Morgan fingerprint density at radius 3 is 3.00 bits per heavy atom. The smallest absolute Gasteiger partial charge is 0.246 e. The Labute approximate surface area is 92.6 Å². The average Bonchev–Trinajstić information content (AvgIpc) is 2.21. The molecule has 4 nitrogen and oxygen atoms in total. The monoisotopic (exact) mass is 224 g/mol. The number of ether oxygens (including phenoxy) is 1. The van der Waals surface area contributed by atoms with Crippen molar-refractivity contribution in [1.29, 1.82) is 0 Å². The van der Waals surface area contributed by atoms with Gasteiger partial charge in [0.15, 0.2) is 0 Å². The van der Waals surface area contributed by atoms with Crippen molar-refractivity contribution in [3.63, 3.8) is 0 Å². The van der Waals surface area contributed by atoms with E-state index in [9.17, 15) is 9.18 Å². The second kappa shape index (κ2) is 3.75. The fourth-order valence-electron chi connectivity index (χ4n) is 1.84. The molecule has 0 radical (unpaired) electrons. The Kier molecular flexibility index (Phi) is 2.55. The highest BCUT2D eigenvalue weighted by Crippen LogP contribution is 2.27. The van der Waals surface area contributed by atoms with Crippen LogP contribution in [0.15, 0.2) is 18.2 Å². The number of hydrogen-bond acceptors (Lipinski definition) is 3. The predicted molar refractivity (Wildman–Crippen MR) is 57.1 cm³/mol. The predicted octanol–water partition coefficient (Wildman–Crippen LogP) is 0.770. The van der Waals surface area contributed by atoms with Gasteiger partial charge in [0.05, 0.1) is 12.1 Å². The molecule has 86 valence electrons. The molecule has 1 aliphatic rings. The second-order valence-corrected chi connectivity index (χ2v) is 4.11. The van der Waals surface area contributed by atoms with E-state index >= 15 is 0 Å². The van der Waals surface area contributed by atoms with Crippen molar-refractivity contribution in [3.8, 4) is 0 Å². The van der Waals surface area contributed by atoms with Crippen LogP contribution in [-0.2, 0) is 15.1 Å². The van der Waals surface area contributed by atoms with E-state index in [1.807, 2.05) is 0 Å². The minimum absolute atomic E-state index is 0.0134. The lowest BCUT2D eigenvalue weighted by atomic mass is 9.91. The lowest BCUT2D eigenvalue weighted by Gasteiger charge is -2.35. The van der Waals surface area contributed by atoms with Gasteiger partial charge in [0, 0.05) is 11.3 Å². The number of nitrogens with two attached hydrogens (primary N) is 1. The van der Waals surface area contributed by atoms with Gasteiger partial charge in [-0.2, -0.15) is 0 Å². The van der Waals surface area contributed by atoms with Gasteiger partial charge in [-0.15, -0.1) is 0 Å². The Balaban J connectivity index is 2.41. The molecule has 1 saturated heterocycles. The molecule has 1 amide bonds. The molecule has 1 aliphatic heterocycles. The molecule has 0 bridgehead atoms. The topological polar surface area (TPSA) is 64.3 Å². The summed E-state index contributed by atoms with van der Waals surface area (Å²) in [6, 6.07) is 4.29. The quantitative estimate of drug-likeness (QED) is 0.692. The number of halogens is 1. The summed E-state index contributed by atoms with van der Waals surface area (Å²) in [5.74, 6) is -0.655. The number of carbonyl (C=O) groups excluding carboxylic acids is 1. The average molecular weight is 224 g/mol. The number of nitrogen functional groups attached to an aromatic ring is 1. The van der Waals surface area contributed by atoms with Crippen LogP contribution >= 0.6 is 0 Å². The van der Waals surface area contributed by atoms with Gasteiger partial charge in [-0.1, -0.05) is 0 Å². The Morgan fingerprint density at radius 2 is 2.31 bits per heavy atom. The number of morpholine rings is 1. The van der Waals surface area contributed by atoms with Gasteiger partial charge in [-0.25, -0.2) is 4.39 Å². The normalized spacial score (nSPS) is 25.2. The molecule has 1 fully saturated rings. The van der Waals surface area contributed by atoms with Crippen molar-refractivity contribution in [3.05, 3.63) is 29.6 Å². The van der Waals surface area contributed by atoms with Crippen LogP contribution < -0.4 is 11.1 Å². The van der Waals surface area contributed by atoms with Gasteiger partial charge in [0.25, 0.3) is 0 Å². The summed E-state index contributed by atoms with van der Waals surface area (Å²) in [7, 11) is 0. The van der Waals surface area contributed by atoms with E-state index < -0.39 is 11.4 Å². The lowest BCUT2D eigenvalue weighted by Crippen LogP contribution is -2.53. The number of nitrogens with one attached hydrogen (secondary N) is 1. The Hall–Kier alpha value is -1.62. The van der Waals surface area contributed by atoms with E-state index in [4.69, 9.17) is 10.5 Å². The molecular weight excluding hydrogens is 211 g/mol. The SMILES string of the molecule is C[C@@]1(c2cc(N)ccc2F)COCC(=O)N1. The maximum absolute atomic E-state index is 13.7. The van der Waals surface area contributed by atoms with E-state index in [1.54, 1.807) is 6.92 Å². The highest BCUT2D eigenvalue weighted by Gasteiger charge is 2.35. The number of carbonyl (C=O) groups is 1. The molecule has 1 heterocycles. The summed E-state index contributed by atoms with van der Waals surface area (Å²) in [5, 5.41) is 2.72. The van der Waals surface area contributed by atoms with Crippen molar-refractivity contribution in [1.82, 2.24) is 5.32 Å². The van der Waals surface area contributed by atoms with E-state index in [0.29, 0.717) is 11.3 Å². The molecule has 0 spiro atoms. The summed E-state index contributed by atoms with van der Waals surface area (Å²) in [6.45, 7) is 1.96. The van der Waals surface area contributed by atoms with Gasteiger partial charge in [-0.05, 0) is 25.1 Å². The zero-order valence-corrected chi connectivity index (χ0v) is 8.92. The molecule has 1 aromatic carbocycles. The number of amides is 1. The fourth-order valence-corrected chi connectivity index (χ4v) is 1.84. The first-order valence-electron chi connectivity index (χ1n) is 4.95. The van der Waals surface area contributed by atoms with E-state index in [0.717, 1.165) is 0 Å². The van der Waals surface area contributed by atoms with Crippen LogP contribution in [0.5, 0.6) is 0 Å². The van der Waals surface area contributed by atoms with E-state index in [1.165, 1.54) is 18.2 Å². The fraction of sp³-hybridized carbons (Fsp3) is 0.364. The van der Waals surface area contributed by atoms with Gasteiger partial charge >= 0.3 is 0 Å². The first-order chi connectivity index (χ1) is 7.51. The van der Waals surface area contributed by atoms with Gasteiger partial charge < -0.3 is 15.8 Å². The van der Waals surface area contributed by atoms with Crippen LogP contribution in [0.3, 0.4) is 0 Å². The van der Waals surface area contributed by atoms with Crippen LogP contribution in [0, 0.1) is 5.82 Å². The molecule has 5 heteroatoms. The molecule has 3 N–H and O–H groups in total. The maximum atomic E-state index is 13.7. The Morgan fingerprint density at radius 1 is 1.56 bits per heavy atom. The number of benzene rings is 1. The zero-order chi connectivity index (χ0) is 11.8. The summed E-state index contributed by atoms with van der Waals surface area (Å²) < 4.78 is 18.8. The highest BCUT2D eigenvalue weighted by atomic mass is 19.1. The third-order valence-corrected chi connectivity index (χ3v) is 2.62. The molecule has 1 atom stereocenters. The zero-order valence-electron chi connectivity index (χ0n) is 8.92. The molecule has 0 aromatic heterocycles. The summed E-state index contributed by atoms with van der Waals surface area (Å²) in [5.41, 5.74) is 5.56. The van der Waals surface area contributed by atoms with Crippen molar-refractivity contribution in [2.75, 3.05) is 18.9 Å².